The molecular weight excluding hydrogens is 342 g/mol. The number of aromatic nitrogens is 1. The van der Waals surface area contributed by atoms with Gasteiger partial charge in [-0.15, -0.1) is 0 Å². The van der Waals surface area contributed by atoms with E-state index < -0.39 is 0 Å². The fourth-order valence-corrected chi connectivity index (χ4v) is 3.97. The van der Waals surface area contributed by atoms with Gasteiger partial charge in [-0.3, -0.25) is 4.79 Å². The van der Waals surface area contributed by atoms with E-state index in [0.29, 0.717) is 0 Å². The molecule has 0 unspecified atom stereocenters. The Kier molecular flexibility index (Phi) is 3.84. The second kappa shape index (κ2) is 6.50. The second-order valence-electron chi connectivity index (χ2n) is 7.08. The summed E-state index contributed by atoms with van der Waals surface area (Å²) in [6.07, 6.45) is 0. The number of nitrogens with zero attached hydrogens (tertiary/aromatic N) is 1. The lowest BCUT2D eigenvalue weighted by Gasteiger charge is -2.17. The van der Waals surface area contributed by atoms with E-state index in [2.05, 4.69) is 47.0 Å². The van der Waals surface area contributed by atoms with Crippen LogP contribution in [-0.4, -0.2) is 4.57 Å². The average Bonchev–Trinajstić information content (AvgIpc) is 2.76. The highest BCUT2D eigenvalue weighted by molar-refractivity contribution is 5.96. The van der Waals surface area contributed by atoms with Crippen molar-refractivity contribution in [2.24, 2.45) is 7.05 Å². The summed E-state index contributed by atoms with van der Waals surface area (Å²) >= 11 is 0. The molecule has 5 aromatic rings. The first-order valence-electron chi connectivity index (χ1n) is 9.40. The third-order valence-corrected chi connectivity index (χ3v) is 5.41. The molecular formula is C26H19NO. The minimum absolute atomic E-state index is 0.0517. The molecule has 2 heteroatoms. The van der Waals surface area contributed by atoms with Gasteiger partial charge in [-0.05, 0) is 46.2 Å². The fraction of sp³-hybridized carbons (Fsp3) is 0.0385. The summed E-state index contributed by atoms with van der Waals surface area (Å²) in [6.45, 7) is 0. The van der Waals surface area contributed by atoms with Gasteiger partial charge in [0, 0.05) is 24.1 Å². The third-order valence-electron chi connectivity index (χ3n) is 5.41. The number of aryl methyl sites for hydroxylation is 1. The monoisotopic (exact) mass is 361 g/mol. The summed E-state index contributed by atoms with van der Waals surface area (Å²) in [5.74, 6) is 0. The third kappa shape index (κ3) is 2.62. The maximum absolute atomic E-state index is 12.8. The molecule has 0 aliphatic carbocycles. The van der Waals surface area contributed by atoms with Gasteiger partial charge in [0.15, 0.2) is 5.43 Å². The van der Waals surface area contributed by atoms with Crippen molar-refractivity contribution in [3.05, 3.63) is 107 Å². The Morgan fingerprint density at radius 1 is 0.643 bits per heavy atom. The molecule has 0 bridgehead atoms. The Labute approximate surface area is 163 Å². The van der Waals surface area contributed by atoms with E-state index in [1.165, 1.54) is 5.39 Å². The van der Waals surface area contributed by atoms with Crippen LogP contribution in [0.5, 0.6) is 0 Å². The highest BCUT2D eigenvalue weighted by Gasteiger charge is 2.14. The van der Waals surface area contributed by atoms with Crippen LogP contribution in [-0.2, 0) is 7.05 Å². The Morgan fingerprint density at radius 3 is 2.00 bits per heavy atom. The van der Waals surface area contributed by atoms with Crippen LogP contribution in [0.2, 0.25) is 0 Å². The summed E-state index contributed by atoms with van der Waals surface area (Å²) in [6, 6.07) is 32.7. The van der Waals surface area contributed by atoms with E-state index in [0.717, 1.165) is 38.7 Å². The minimum Gasteiger partial charge on any atom is -0.343 e. The van der Waals surface area contributed by atoms with Crippen molar-refractivity contribution in [3.8, 4) is 22.4 Å². The average molecular weight is 361 g/mol. The summed E-state index contributed by atoms with van der Waals surface area (Å²) in [5, 5.41) is 3.10. The standard InChI is InChI=1S/C26H19NO/c1-27-24-14-8-7-13-21(24)26(28)17-25(27)23-16-20-12-6-5-11-19(20)15-22(23)18-9-3-2-4-10-18/h2-17H,1H3. The van der Waals surface area contributed by atoms with E-state index in [1.807, 2.05) is 55.6 Å². The molecule has 2 nitrogen and oxygen atoms in total. The van der Waals surface area contributed by atoms with Crippen molar-refractivity contribution in [2.75, 3.05) is 0 Å². The number of benzene rings is 4. The van der Waals surface area contributed by atoms with Crippen molar-refractivity contribution in [2.45, 2.75) is 0 Å². The van der Waals surface area contributed by atoms with Crippen LogP contribution in [0.15, 0.2) is 102 Å². The van der Waals surface area contributed by atoms with Gasteiger partial charge >= 0.3 is 0 Å². The topological polar surface area (TPSA) is 22.0 Å². The predicted molar refractivity (Wildman–Crippen MR) is 118 cm³/mol. The van der Waals surface area contributed by atoms with E-state index in [-0.39, 0.29) is 5.43 Å². The predicted octanol–water partition coefficient (Wildman–Crippen LogP) is 6.03. The zero-order valence-corrected chi connectivity index (χ0v) is 15.6. The van der Waals surface area contributed by atoms with Gasteiger partial charge in [-0.2, -0.15) is 0 Å². The quantitative estimate of drug-likeness (QED) is 0.376. The Balaban J connectivity index is 1.90. The SMILES string of the molecule is Cn1c(-c2cc3ccccc3cc2-c2ccccc2)cc(=O)c2ccccc21. The van der Waals surface area contributed by atoms with Crippen molar-refractivity contribution in [3.63, 3.8) is 0 Å². The van der Waals surface area contributed by atoms with Crippen molar-refractivity contribution >= 4 is 21.7 Å². The van der Waals surface area contributed by atoms with Gasteiger partial charge in [0.25, 0.3) is 0 Å². The summed E-state index contributed by atoms with van der Waals surface area (Å²) in [7, 11) is 2.03. The van der Waals surface area contributed by atoms with Crippen molar-refractivity contribution < 1.29 is 0 Å². The fourth-order valence-electron chi connectivity index (χ4n) is 3.97. The Morgan fingerprint density at radius 2 is 1.25 bits per heavy atom. The zero-order chi connectivity index (χ0) is 19.1. The Bertz CT molecular complexity index is 1380. The molecule has 5 rings (SSSR count). The molecule has 1 heterocycles. The van der Waals surface area contributed by atoms with Gasteiger partial charge in [0.1, 0.15) is 0 Å². The molecule has 4 aromatic carbocycles. The van der Waals surface area contributed by atoms with E-state index in [4.69, 9.17) is 0 Å². The second-order valence-corrected chi connectivity index (χ2v) is 7.08. The molecule has 0 radical (unpaired) electrons. The number of para-hydroxylation sites is 1. The highest BCUT2D eigenvalue weighted by Crippen LogP contribution is 2.35. The normalized spacial score (nSPS) is 11.2. The molecule has 0 N–H and O–H groups in total. The molecule has 0 fully saturated rings. The largest absolute Gasteiger partial charge is 0.343 e. The Hall–Kier alpha value is -3.65. The van der Waals surface area contributed by atoms with Gasteiger partial charge < -0.3 is 4.57 Å². The van der Waals surface area contributed by atoms with Crippen LogP contribution in [0.3, 0.4) is 0 Å². The highest BCUT2D eigenvalue weighted by atomic mass is 16.1. The maximum Gasteiger partial charge on any atom is 0.190 e. The maximum atomic E-state index is 12.8. The van der Waals surface area contributed by atoms with Crippen LogP contribution in [0.4, 0.5) is 0 Å². The molecule has 0 saturated heterocycles. The first-order valence-corrected chi connectivity index (χ1v) is 9.40. The lowest BCUT2D eigenvalue weighted by Crippen LogP contribution is -2.09. The van der Waals surface area contributed by atoms with E-state index in [9.17, 15) is 4.79 Å². The molecule has 0 atom stereocenters. The zero-order valence-electron chi connectivity index (χ0n) is 15.6. The summed E-state index contributed by atoms with van der Waals surface area (Å²) < 4.78 is 2.12. The van der Waals surface area contributed by atoms with Gasteiger partial charge in [0.2, 0.25) is 0 Å². The van der Waals surface area contributed by atoms with Gasteiger partial charge in [-0.25, -0.2) is 0 Å². The van der Waals surface area contributed by atoms with Gasteiger partial charge in [0.05, 0.1) is 11.2 Å². The van der Waals surface area contributed by atoms with Crippen LogP contribution in [0.1, 0.15) is 0 Å². The number of hydrogen-bond donors (Lipinski definition) is 0. The summed E-state index contributed by atoms with van der Waals surface area (Å²) in [5.41, 5.74) is 5.25. The van der Waals surface area contributed by atoms with Crippen molar-refractivity contribution in [1.29, 1.82) is 0 Å². The minimum atomic E-state index is 0.0517. The molecule has 1 aromatic heterocycles. The van der Waals surface area contributed by atoms with Crippen LogP contribution >= 0.6 is 0 Å². The molecule has 0 aliphatic rings. The van der Waals surface area contributed by atoms with Crippen LogP contribution in [0, 0.1) is 0 Å². The summed E-state index contributed by atoms with van der Waals surface area (Å²) in [4.78, 5) is 12.8. The van der Waals surface area contributed by atoms with Gasteiger partial charge in [-0.1, -0.05) is 66.7 Å². The molecule has 0 saturated carbocycles. The lowest BCUT2D eigenvalue weighted by molar-refractivity contribution is 0.961. The first-order chi connectivity index (χ1) is 13.7. The number of hydrogen-bond acceptors (Lipinski definition) is 1. The molecule has 0 spiro atoms. The molecule has 0 amide bonds. The van der Waals surface area contributed by atoms with E-state index in [1.54, 1.807) is 6.07 Å². The van der Waals surface area contributed by atoms with Crippen LogP contribution in [0.25, 0.3) is 44.1 Å². The number of rotatable bonds is 2. The molecule has 0 aliphatic heterocycles. The van der Waals surface area contributed by atoms with E-state index >= 15 is 0 Å². The molecule has 28 heavy (non-hydrogen) atoms. The first kappa shape index (κ1) is 16.5. The number of pyridine rings is 1. The van der Waals surface area contributed by atoms with Crippen LogP contribution < -0.4 is 5.43 Å². The molecule has 134 valence electrons. The van der Waals surface area contributed by atoms with Crippen molar-refractivity contribution in [1.82, 2.24) is 4.57 Å². The lowest BCUT2D eigenvalue weighted by atomic mass is 9.93. The smallest absolute Gasteiger partial charge is 0.190 e. The number of fused-ring (bicyclic) bond motifs is 2.